The summed E-state index contributed by atoms with van der Waals surface area (Å²) in [6, 6.07) is 3.70. The van der Waals surface area contributed by atoms with Gasteiger partial charge in [0.25, 0.3) is 0 Å². The molecule has 0 unspecified atom stereocenters. The molecule has 3 heterocycles. The lowest BCUT2D eigenvalue weighted by Crippen LogP contribution is -2.35. The average molecular weight is 329 g/mol. The second kappa shape index (κ2) is 8.01. The van der Waals surface area contributed by atoms with Gasteiger partial charge in [0.1, 0.15) is 0 Å². The second-order valence-corrected chi connectivity index (χ2v) is 6.12. The Morgan fingerprint density at radius 2 is 2.21 bits per heavy atom. The fourth-order valence-corrected chi connectivity index (χ4v) is 2.80. The minimum atomic E-state index is 0.107. The molecule has 0 aromatic carbocycles. The summed E-state index contributed by atoms with van der Waals surface area (Å²) >= 11 is 0. The molecule has 1 aliphatic rings. The number of aryl methyl sites for hydroxylation is 1. The Kier molecular flexibility index (Phi) is 5.53. The van der Waals surface area contributed by atoms with Crippen LogP contribution in [0.25, 0.3) is 11.4 Å². The van der Waals surface area contributed by atoms with Gasteiger partial charge >= 0.3 is 0 Å². The monoisotopic (exact) mass is 329 g/mol. The van der Waals surface area contributed by atoms with Crippen LogP contribution in [0.5, 0.6) is 0 Å². The van der Waals surface area contributed by atoms with Gasteiger partial charge in [-0.3, -0.25) is 9.78 Å². The van der Waals surface area contributed by atoms with Crippen molar-refractivity contribution in [3.63, 3.8) is 0 Å². The molecule has 0 aliphatic carbocycles. The Balaban J connectivity index is 1.45. The first-order valence-electron chi connectivity index (χ1n) is 8.41. The zero-order valence-corrected chi connectivity index (χ0v) is 14.0. The SMILES string of the molecule is CN(CCN1CCCC1)C(=O)CCc1nc(-c2cccnc2)no1. The molecule has 7 heteroatoms. The Morgan fingerprint density at radius 3 is 2.96 bits per heavy atom. The maximum atomic E-state index is 12.2. The standard InChI is InChI=1S/C17H23N5O2/c1-21(11-12-22-9-2-3-10-22)16(23)7-6-15-19-17(20-24-15)14-5-4-8-18-13-14/h4-5,8,13H,2-3,6-7,9-12H2,1H3. The molecule has 0 spiro atoms. The van der Waals surface area contributed by atoms with Gasteiger partial charge in [0.05, 0.1) is 0 Å². The first-order chi connectivity index (χ1) is 11.7. The molecule has 0 N–H and O–H groups in total. The van der Waals surface area contributed by atoms with E-state index >= 15 is 0 Å². The van der Waals surface area contributed by atoms with Crippen molar-refractivity contribution in [2.45, 2.75) is 25.7 Å². The number of carbonyl (C=O) groups excluding carboxylic acids is 1. The van der Waals surface area contributed by atoms with Gasteiger partial charge in [-0.25, -0.2) is 0 Å². The molecule has 3 rings (SSSR count). The molecule has 1 aliphatic heterocycles. The van der Waals surface area contributed by atoms with Gasteiger partial charge in [0, 0.05) is 50.9 Å². The molecule has 128 valence electrons. The molecule has 2 aromatic heterocycles. The van der Waals surface area contributed by atoms with Crippen LogP contribution < -0.4 is 0 Å². The third-order valence-corrected chi connectivity index (χ3v) is 4.32. The van der Waals surface area contributed by atoms with Crippen LogP contribution in [0.2, 0.25) is 0 Å². The summed E-state index contributed by atoms with van der Waals surface area (Å²) in [5, 5.41) is 3.94. The first kappa shape index (κ1) is 16.6. The Morgan fingerprint density at radius 1 is 1.38 bits per heavy atom. The van der Waals surface area contributed by atoms with E-state index in [1.54, 1.807) is 17.3 Å². The van der Waals surface area contributed by atoms with Gasteiger partial charge < -0.3 is 14.3 Å². The topological polar surface area (TPSA) is 75.4 Å². The minimum Gasteiger partial charge on any atom is -0.344 e. The van der Waals surface area contributed by atoms with Crippen LogP contribution in [-0.2, 0) is 11.2 Å². The number of amides is 1. The Bertz CT molecular complexity index is 652. The smallest absolute Gasteiger partial charge is 0.227 e. The van der Waals surface area contributed by atoms with Crippen molar-refractivity contribution in [1.29, 1.82) is 0 Å². The van der Waals surface area contributed by atoms with E-state index < -0.39 is 0 Å². The summed E-state index contributed by atoms with van der Waals surface area (Å²) in [4.78, 5) is 24.8. The number of pyridine rings is 1. The largest absolute Gasteiger partial charge is 0.344 e. The molecule has 1 amide bonds. The van der Waals surface area contributed by atoms with Gasteiger partial charge in [-0.1, -0.05) is 5.16 Å². The zero-order valence-electron chi connectivity index (χ0n) is 14.0. The van der Waals surface area contributed by atoms with E-state index in [4.69, 9.17) is 4.52 Å². The van der Waals surface area contributed by atoms with Crippen LogP contribution in [0.1, 0.15) is 25.2 Å². The fourth-order valence-electron chi connectivity index (χ4n) is 2.80. The minimum absolute atomic E-state index is 0.107. The zero-order chi connectivity index (χ0) is 16.8. The molecule has 1 fully saturated rings. The van der Waals surface area contributed by atoms with Gasteiger partial charge in [-0.05, 0) is 38.1 Å². The number of hydrogen-bond donors (Lipinski definition) is 0. The van der Waals surface area contributed by atoms with E-state index in [2.05, 4.69) is 20.0 Å². The molecule has 24 heavy (non-hydrogen) atoms. The summed E-state index contributed by atoms with van der Waals surface area (Å²) < 4.78 is 5.22. The highest BCUT2D eigenvalue weighted by Crippen LogP contribution is 2.14. The van der Waals surface area contributed by atoms with Crippen molar-refractivity contribution < 1.29 is 9.32 Å². The number of rotatable bonds is 7. The number of carbonyl (C=O) groups is 1. The third kappa shape index (κ3) is 4.38. The van der Waals surface area contributed by atoms with Crippen molar-refractivity contribution in [2.24, 2.45) is 0 Å². The Hall–Kier alpha value is -2.28. The van der Waals surface area contributed by atoms with E-state index in [0.29, 0.717) is 24.6 Å². The first-order valence-corrected chi connectivity index (χ1v) is 8.41. The van der Waals surface area contributed by atoms with Crippen LogP contribution in [-0.4, -0.2) is 64.1 Å². The number of likely N-dealkylation sites (N-methyl/N-ethyl adjacent to an activating group) is 1. The number of nitrogens with zero attached hydrogens (tertiary/aromatic N) is 5. The van der Waals surface area contributed by atoms with Crippen LogP contribution >= 0.6 is 0 Å². The molecule has 0 saturated carbocycles. The molecular formula is C17H23N5O2. The molecule has 7 nitrogen and oxygen atoms in total. The quantitative estimate of drug-likeness (QED) is 0.768. The van der Waals surface area contributed by atoms with Crippen molar-refractivity contribution in [2.75, 3.05) is 33.2 Å². The summed E-state index contributed by atoms with van der Waals surface area (Å²) in [6.07, 6.45) is 6.76. The molecule has 0 radical (unpaired) electrons. The van der Waals surface area contributed by atoms with Crippen LogP contribution in [0.3, 0.4) is 0 Å². The normalized spacial score (nSPS) is 14.9. The lowest BCUT2D eigenvalue weighted by atomic mass is 10.2. The van der Waals surface area contributed by atoms with Crippen LogP contribution in [0.15, 0.2) is 29.0 Å². The maximum Gasteiger partial charge on any atom is 0.227 e. The molecule has 1 saturated heterocycles. The predicted molar refractivity (Wildman–Crippen MR) is 89.2 cm³/mol. The second-order valence-electron chi connectivity index (χ2n) is 6.12. The van der Waals surface area contributed by atoms with Crippen molar-refractivity contribution in [3.8, 4) is 11.4 Å². The lowest BCUT2D eigenvalue weighted by Gasteiger charge is -2.21. The van der Waals surface area contributed by atoms with Crippen LogP contribution in [0.4, 0.5) is 0 Å². The highest BCUT2D eigenvalue weighted by atomic mass is 16.5. The van der Waals surface area contributed by atoms with Crippen LogP contribution in [0, 0.1) is 0 Å². The van der Waals surface area contributed by atoms with Gasteiger partial charge in [-0.2, -0.15) is 4.98 Å². The molecule has 0 atom stereocenters. The number of likely N-dealkylation sites (tertiary alicyclic amines) is 1. The van der Waals surface area contributed by atoms with E-state index in [-0.39, 0.29) is 5.91 Å². The highest BCUT2D eigenvalue weighted by Gasteiger charge is 2.16. The maximum absolute atomic E-state index is 12.2. The van der Waals surface area contributed by atoms with E-state index in [1.807, 2.05) is 19.2 Å². The number of aromatic nitrogens is 3. The fraction of sp³-hybridized carbons (Fsp3) is 0.529. The predicted octanol–water partition coefficient (Wildman–Crippen LogP) is 1.62. The van der Waals surface area contributed by atoms with Gasteiger partial charge in [0.2, 0.25) is 17.6 Å². The third-order valence-electron chi connectivity index (χ3n) is 4.32. The van der Waals surface area contributed by atoms with Crippen molar-refractivity contribution >= 4 is 5.91 Å². The van der Waals surface area contributed by atoms with E-state index in [9.17, 15) is 4.79 Å². The molecular weight excluding hydrogens is 306 g/mol. The summed E-state index contributed by atoms with van der Waals surface area (Å²) in [5.74, 6) is 1.10. The Labute approximate surface area is 141 Å². The number of hydrogen-bond acceptors (Lipinski definition) is 6. The average Bonchev–Trinajstić information content (AvgIpc) is 3.30. The van der Waals surface area contributed by atoms with Crippen molar-refractivity contribution in [1.82, 2.24) is 24.9 Å². The summed E-state index contributed by atoms with van der Waals surface area (Å²) in [7, 11) is 1.85. The summed E-state index contributed by atoms with van der Waals surface area (Å²) in [5.41, 5.74) is 0.807. The summed E-state index contributed by atoms with van der Waals surface area (Å²) in [6.45, 7) is 4.03. The molecule has 2 aromatic rings. The molecule has 0 bridgehead atoms. The lowest BCUT2D eigenvalue weighted by molar-refractivity contribution is -0.130. The van der Waals surface area contributed by atoms with Gasteiger partial charge in [0.15, 0.2) is 0 Å². The van der Waals surface area contributed by atoms with E-state index in [0.717, 1.165) is 31.7 Å². The van der Waals surface area contributed by atoms with Crippen molar-refractivity contribution in [3.05, 3.63) is 30.4 Å². The highest BCUT2D eigenvalue weighted by molar-refractivity contribution is 5.76. The van der Waals surface area contributed by atoms with Gasteiger partial charge in [-0.15, -0.1) is 0 Å². The van der Waals surface area contributed by atoms with E-state index in [1.165, 1.54) is 12.8 Å².